The summed E-state index contributed by atoms with van der Waals surface area (Å²) in [6, 6.07) is -0.856. The Morgan fingerprint density at radius 3 is 2.52 bits per heavy atom. The zero-order chi connectivity index (χ0) is 15.9. The van der Waals surface area contributed by atoms with E-state index in [-0.39, 0.29) is 0 Å². The van der Waals surface area contributed by atoms with Gasteiger partial charge in [-0.15, -0.1) is 0 Å². The van der Waals surface area contributed by atoms with Gasteiger partial charge in [0.2, 0.25) is 0 Å². The molecule has 21 heavy (non-hydrogen) atoms. The summed E-state index contributed by atoms with van der Waals surface area (Å²) in [4.78, 5) is 5.93. The molecule has 0 spiro atoms. The van der Waals surface area contributed by atoms with E-state index >= 15 is 0 Å². The van der Waals surface area contributed by atoms with Gasteiger partial charge in [-0.25, -0.2) is 0 Å². The first-order valence-corrected chi connectivity index (χ1v) is 7.26. The largest absolute Gasteiger partial charge is 0.417 e. The van der Waals surface area contributed by atoms with Crippen molar-refractivity contribution in [3.05, 3.63) is 0 Å². The topological polar surface area (TPSA) is 85.5 Å². The molecule has 6 nitrogen and oxygen atoms in total. The number of alkyl halides is 3. The SMILES string of the molecule is CCN(C)C1=N[C@@H]2[C@@H](O)[C@H](O)[C@@H]([C@@H](O)C(F)(F)F)O[C@@H]2S1. The predicted octanol–water partition coefficient (Wildman–Crippen LogP) is -0.221. The lowest BCUT2D eigenvalue weighted by atomic mass is 9.94. The summed E-state index contributed by atoms with van der Waals surface area (Å²) in [6.07, 6.45) is -13.1. The Hall–Kier alpha value is -0.550. The minimum Gasteiger partial charge on any atom is -0.388 e. The molecule has 2 rings (SSSR count). The molecule has 0 bridgehead atoms. The highest BCUT2D eigenvalue weighted by molar-refractivity contribution is 8.14. The monoisotopic (exact) mass is 330 g/mol. The van der Waals surface area contributed by atoms with Crippen LogP contribution in [0.3, 0.4) is 0 Å². The third-order valence-corrected chi connectivity index (χ3v) is 4.79. The first-order valence-electron chi connectivity index (χ1n) is 6.38. The van der Waals surface area contributed by atoms with Crippen LogP contribution in [0.25, 0.3) is 0 Å². The van der Waals surface area contributed by atoms with E-state index < -0.39 is 42.1 Å². The number of hydrogen-bond donors (Lipinski definition) is 3. The van der Waals surface area contributed by atoms with Gasteiger partial charge in [0.15, 0.2) is 11.3 Å². The summed E-state index contributed by atoms with van der Waals surface area (Å²) < 4.78 is 42.9. The first kappa shape index (κ1) is 16.8. The molecule has 0 saturated carbocycles. The van der Waals surface area contributed by atoms with Crippen molar-refractivity contribution < 1.29 is 33.2 Å². The Balaban J connectivity index is 2.16. The van der Waals surface area contributed by atoms with Gasteiger partial charge in [-0.2, -0.15) is 13.2 Å². The molecule has 1 saturated heterocycles. The molecule has 2 aliphatic rings. The summed E-state index contributed by atoms with van der Waals surface area (Å²) in [5, 5.41) is 29.5. The van der Waals surface area contributed by atoms with E-state index in [9.17, 15) is 28.5 Å². The third-order valence-electron chi connectivity index (χ3n) is 3.54. The maximum atomic E-state index is 12.6. The van der Waals surface area contributed by atoms with E-state index in [0.717, 1.165) is 11.8 Å². The normalized spacial score (nSPS) is 37.9. The van der Waals surface area contributed by atoms with Gasteiger partial charge in [0.05, 0.1) is 0 Å². The molecule has 0 radical (unpaired) electrons. The van der Waals surface area contributed by atoms with Crippen LogP contribution in [0.1, 0.15) is 6.92 Å². The van der Waals surface area contributed by atoms with Crippen molar-refractivity contribution >= 4 is 16.9 Å². The number of hydrogen-bond acceptors (Lipinski definition) is 7. The van der Waals surface area contributed by atoms with Crippen molar-refractivity contribution in [1.82, 2.24) is 4.90 Å². The molecule has 2 heterocycles. The average molecular weight is 330 g/mol. The van der Waals surface area contributed by atoms with E-state index in [4.69, 9.17) is 4.74 Å². The molecule has 0 aromatic heterocycles. The zero-order valence-corrected chi connectivity index (χ0v) is 12.2. The van der Waals surface area contributed by atoms with Crippen molar-refractivity contribution in [3.8, 4) is 0 Å². The van der Waals surface area contributed by atoms with Gasteiger partial charge in [-0.05, 0) is 6.92 Å². The smallest absolute Gasteiger partial charge is 0.388 e. The number of fused-ring (bicyclic) bond motifs is 1. The molecule has 122 valence electrons. The zero-order valence-electron chi connectivity index (χ0n) is 11.4. The number of rotatable bonds is 2. The van der Waals surface area contributed by atoms with Gasteiger partial charge >= 0.3 is 6.18 Å². The third kappa shape index (κ3) is 3.14. The van der Waals surface area contributed by atoms with Crippen LogP contribution in [0.4, 0.5) is 13.2 Å². The van der Waals surface area contributed by atoms with Crippen LogP contribution in [0.5, 0.6) is 0 Å². The quantitative estimate of drug-likeness (QED) is 0.649. The summed E-state index contributed by atoms with van der Waals surface area (Å²) >= 11 is 1.07. The molecule has 0 aromatic carbocycles. The highest BCUT2D eigenvalue weighted by Crippen LogP contribution is 2.39. The number of thioether (sulfide) groups is 1. The van der Waals surface area contributed by atoms with E-state index in [1.807, 2.05) is 6.92 Å². The lowest BCUT2D eigenvalue weighted by Crippen LogP contribution is -2.60. The van der Waals surface area contributed by atoms with Gasteiger partial charge in [0.1, 0.15) is 29.8 Å². The lowest BCUT2D eigenvalue weighted by molar-refractivity contribution is -0.271. The summed E-state index contributed by atoms with van der Waals surface area (Å²) in [5.74, 6) is 0. The Morgan fingerprint density at radius 1 is 1.38 bits per heavy atom. The molecule has 3 N–H and O–H groups in total. The van der Waals surface area contributed by atoms with Crippen molar-refractivity contribution in [2.75, 3.05) is 13.6 Å². The second kappa shape index (κ2) is 5.92. The fourth-order valence-corrected chi connectivity index (χ4v) is 3.39. The first-order chi connectivity index (χ1) is 9.66. The van der Waals surface area contributed by atoms with E-state index in [2.05, 4.69) is 4.99 Å². The molecule has 6 atom stereocenters. The van der Waals surface area contributed by atoms with Gasteiger partial charge in [-0.3, -0.25) is 4.99 Å². The fourth-order valence-electron chi connectivity index (χ4n) is 2.14. The second-order valence-electron chi connectivity index (χ2n) is 4.97. The van der Waals surface area contributed by atoms with Crippen molar-refractivity contribution in [2.45, 2.75) is 49.0 Å². The summed E-state index contributed by atoms with van der Waals surface area (Å²) in [7, 11) is 1.74. The molecule has 0 unspecified atom stereocenters. The van der Waals surface area contributed by atoms with Crippen molar-refractivity contribution in [1.29, 1.82) is 0 Å². The van der Waals surface area contributed by atoms with Gasteiger partial charge in [-0.1, -0.05) is 11.8 Å². The molecule has 0 amide bonds. The number of halogens is 3. The van der Waals surface area contributed by atoms with Crippen LogP contribution in [0.2, 0.25) is 0 Å². The fraction of sp³-hybridized carbons (Fsp3) is 0.909. The van der Waals surface area contributed by atoms with Crippen LogP contribution in [0.15, 0.2) is 4.99 Å². The average Bonchev–Trinajstić information content (AvgIpc) is 2.84. The Labute approximate surface area is 123 Å². The van der Waals surface area contributed by atoms with E-state index in [1.54, 1.807) is 11.9 Å². The highest BCUT2D eigenvalue weighted by Gasteiger charge is 2.56. The number of amidine groups is 1. The van der Waals surface area contributed by atoms with E-state index in [0.29, 0.717) is 11.7 Å². The minimum atomic E-state index is -4.94. The number of nitrogens with zero attached hydrogens (tertiary/aromatic N) is 2. The summed E-state index contributed by atoms with van der Waals surface area (Å²) in [5.41, 5.74) is -0.866. The number of aliphatic imine (C=N–C) groups is 1. The molecule has 10 heteroatoms. The van der Waals surface area contributed by atoms with Gasteiger partial charge < -0.3 is 25.0 Å². The van der Waals surface area contributed by atoms with Crippen LogP contribution in [-0.2, 0) is 4.74 Å². The molecule has 0 aromatic rings. The van der Waals surface area contributed by atoms with Crippen LogP contribution >= 0.6 is 11.8 Å². The highest BCUT2D eigenvalue weighted by atomic mass is 32.2. The maximum absolute atomic E-state index is 12.6. The predicted molar refractivity (Wildman–Crippen MR) is 69.9 cm³/mol. The number of aliphatic hydroxyl groups is 3. The summed E-state index contributed by atoms with van der Waals surface area (Å²) in [6.45, 7) is 2.49. The molecule has 0 aliphatic carbocycles. The van der Waals surface area contributed by atoms with Gasteiger partial charge in [0, 0.05) is 13.6 Å². The van der Waals surface area contributed by atoms with Crippen LogP contribution in [-0.4, -0.2) is 81.0 Å². The Kier molecular flexibility index (Phi) is 4.74. The van der Waals surface area contributed by atoms with Crippen LogP contribution < -0.4 is 0 Å². The van der Waals surface area contributed by atoms with Crippen molar-refractivity contribution in [2.24, 2.45) is 4.99 Å². The Morgan fingerprint density at radius 2 is 2.00 bits per heavy atom. The standard InChI is InChI=1S/C11H17F3N2O4S/c1-3-16(2)10-15-4-5(17)6(18)7(20-9(4)21-10)8(19)11(12,13)14/h4-9,17-19H,3H2,1-2H3/t4-,5-,6+,7+,8-,9-/m1/s1. The van der Waals surface area contributed by atoms with Crippen molar-refractivity contribution in [3.63, 3.8) is 0 Å². The molecular weight excluding hydrogens is 313 g/mol. The number of aliphatic hydroxyl groups excluding tert-OH is 3. The molecule has 1 fully saturated rings. The Bertz CT molecular complexity index is 423. The van der Waals surface area contributed by atoms with E-state index in [1.165, 1.54) is 0 Å². The lowest BCUT2D eigenvalue weighted by Gasteiger charge is -2.40. The molecular formula is C11H17F3N2O4S. The van der Waals surface area contributed by atoms with Gasteiger partial charge in [0.25, 0.3) is 0 Å². The number of ether oxygens (including phenoxy) is 1. The maximum Gasteiger partial charge on any atom is 0.417 e. The van der Waals surface area contributed by atoms with Crippen LogP contribution in [0, 0.1) is 0 Å². The molecule has 2 aliphatic heterocycles. The minimum absolute atomic E-state index is 0.515. The second-order valence-corrected chi connectivity index (χ2v) is 6.04.